The molecule has 0 radical (unpaired) electrons. The molecule has 0 aliphatic rings. The molecule has 6 heteroatoms. The van der Waals surface area contributed by atoms with Crippen LogP contribution in [0.4, 0.5) is 0 Å². The van der Waals surface area contributed by atoms with Crippen LogP contribution in [0.15, 0.2) is 58.4 Å². The monoisotopic (exact) mass is 366 g/mol. The minimum Gasteiger partial charge on any atom is -0.288 e. The van der Waals surface area contributed by atoms with E-state index >= 15 is 0 Å². The van der Waals surface area contributed by atoms with Crippen LogP contribution < -0.4 is 5.14 Å². The predicted molar refractivity (Wildman–Crippen MR) is 102 cm³/mol. The van der Waals surface area contributed by atoms with Crippen LogP contribution in [-0.2, 0) is 22.0 Å². The fourth-order valence-corrected chi connectivity index (χ4v) is 2.63. The van der Waals surface area contributed by atoms with Crippen molar-refractivity contribution in [3.63, 3.8) is 0 Å². The van der Waals surface area contributed by atoms with Gasteiger partial charge in [0.05, 0.1) is 11.4 Å². The summed E-state index contributed by atoms with van der Waals surface area (Å²) in [4.78, 5) is 4.50. The van der Waals surface area contributed by atoms with Gasteiger partial charge in [0.15, 0.2) is 0 Å². The highest BCUT2D eigenvalue weighted by Gasteiger charge is 2.12. The lowest BCUT2D eigenvalue weighted by atomic mass is 9.87. The second kappa shape index (κ2) is 7.92. The molecule has 0 aliphatic carbocycles. The zero-order valence-electron chi connectivity index (χ0n) is 14.1. The highest BCUT2D eigenvalue weighted by molar-refractivity contribution is 7.89. The standard InChI is InChI=1S/C18H22N2O2S.ClH/c1-18(2,3)16-8-4-14(5-9-16)12-20-13-15-6-10-17(11-7-15)23(19,21)22;/h4-12H,13H2,1-3H3,(H2,19,21,22);1H. The molecule has 2 N–H and O–H groups in total. The van der Waals surface area contributed by atoms with Gasteiger partial charge >= 0.3 is 0 Å². The maximum absolute atomic E-state index is 11.2. The Kier molecular flexibility index (Phi) is 6.72. The third kappa shape index (κ3) is 5.74. The number of rotatable bonds is 4. The zero-order valence-corrected chi connectivity index (χ0v) is 15.7. The van der Waals surface area contributed by atoms with Gasteiger partial charge in [-0.25, -0.2) is 13.6 Å². The van der Waals surface area contributed by atoms with Gasteiger partial charge in [-0.3, -0.25) is 4.99 Å². The van der Waals surface area contributed by atoms with Crippen LogP contribution in [0.5, 0.6) is 0 Å². The van der Waals surface area contributed by atoms with Gasteiger partial charge < -0.3 is 0 Å². The molecule has 4 nitrogen and oxygen atoms in total. The van der Waals surface area contributed by atoms with Crippen molar-refractivity contribution in [3.8, 4) is 0 Å². The van der Waals surface area contributed by atoms with Crippen molar-refractivity contribution in [2.45, 2.75) is 37.6 Å². The van der Waals surface area contributed by atoms with E-state index in [9.17, 15) is 8.42 Å². The second-order valence-electron chi connectivity index (χ2n) is 6.53. The van der Waals surface area contributed by atoms with Crippen molar-refractivity contribution >= 4 is 28.6 Å². The molecule has 2 aromatic rings. The van der Waals surface area contributed by atoms with Gasteiger partial charge in [-0.15, -0.1) is 12.4 Å². The Labute approximate surface area is 150 Å². The van der Waals surface area contributed by atoms with E-state index in [2.05, 4.69) is 37.9 Å². The minimum absolute atomic E-state index is 0. The molecule has 130 valence electrons. The molecule has 0 spiro atoms. The maximum Gasteiger partial charge on any atom is 0.238 e. The second-order valence-corrected chi connectivity index (χ2v) is 8.09. The third-order valence-electron chi connectivity index (χ3n) is 3.54. The summed E-state index contributed by atoms with van der Waals surface area (Å²) in [5, 5.41) is 5.07. The average Bonchev–Trinajstić information content (AvgIpc) is 2.46. The largest absolute Gasteiger partial charge is 0.288 e. The van der Waals surface area contributed by atoms with Crippen molar-refractivity contribution in [3.05, 3.63) is 65.2 Å². The lowest BCUT2D eigenvalue weighted by Crippen LogP contribution is -2.11. The third-order valence-corrected chi connectivity index (χ3v) is 4.47. The van der Waals surface area contributed by atoms with Gasteiger partial charge in [0.2, 0.25) is 10.0 Å². The molecule has 0 unspecified atom stereocenters. The highest BCUT2D eigenvalue weighted by Crippen LogP contribution is 2.21. The number of hydrogen-bond donors (Lipinski definition) is 1. The molecule has 0 fully saturated rings. The van der Waals surface area contributed by atoms with Gasteiger partial charge in [-0.1, -0.05) is 57.2 Å². The van der Waals surface area contributed by atoms with E-state index < -0.39 is 10.0 Å². The van der Waals surface area contributed by atoms with E-state index in [1.165, 1.54) is 17.7 Å². The molecule has 0 saturated carbocycles. The van der Waals surface area contributed by atoms with E-state index in [1.54, 1.807) is 12.1 Å². The molecule has 2 aromatic carbocycles. The molecule has 0 aliphatic heterocycles. The molecule has 0 atom stereocenters. The minimum atomic E-state index is -3.64. The summed E-state index contributed by atoms with van der Waals surface area (Å²) in [5.74, 6) is 0. The molecular formula is C18H23ClN2O2S. The first kappa shape index (κ1) is 20.4. The first-order chi connectivity index (χ1) is 10.7. The van der Waals surface area contributed by atoms with Crippen LogP contribution in [0.2, 0.25) is 0 Å². The Balaban J connectivity index is 0.00000288. The summed E-state index contributed by atoms with van der Waals surface area (Å²) < 4.78 is 22.4. The van der Waals surface area contributed by atoms with Gasteiger partial charge in [0.1, 0.15) is 0 Å². The average molecular weight is 367 g/mol. The normalized spacial score (nSPS) is 12.2. The van der Waals surface area contributed by atoms with E-state index in [0.717, 1.165) is 11.1 Å². The quantitative estimate of drug-likeness (QED) is 0.838. The molecule has 0 aromatic heterocycles. The predicted octanol–water partition coefficient (Wildman–Crippen LogP) is 3.67. The molecule has 0 heterocycles. The van der Waals surface area contributed by atoms with Crippen LogP contribution >= 0.6 is 12.4 Å². The fourth-order valence-electron chi connectivity index (χ4n) is 2.11. The van der Waals surface area contributed by atoms with Crippen LogP contribution in [0.3, 0.4) is 0 Å². The summed E-state index contributed by atoms with van der Waals surface area (Å²) in [7, 11) is -3.64. The Morgan fingerprint density at radius 3 is 2.00 bits per heavy atom. The number of hydrogen-bond acceptors (Lipinski definition) is 3. The number of halogens is 1. The molecule has 24 heavy (non-hydrogen) atoms. The van der Waals surface area contributed by atoms with Crippen molar-refractivity contribution in [1.82, 2.24) is 0 Å². The lowest BCUT2D eigenvalue weighted by Gasteiger charge is -2.18. The van der Waals surface area contributed by atoms with E-state index in [4.69, 9.17) is 5.14 Å². The number of nitrogens with zero attached hydrogens (tertiary/aromatic N) is 1. The van der Waals surface area contributed by atoms with Crippen LogP contribution in [0.25, 0.3) is 0 Å². The Morgan fingerprint density at radius 1 is 1.00 bits per heavy atom. The summed E-state index contributed by atoms with van der Waals surface area (Å²) in [6.45, 7) is 7.04. The van der Waals surface area contributed by atoms with Crippen LogP contribution in [-0.4, -0.2) is 14.6 Å². The van der Waals surface area contributed by atoms with Gasteiger partial charge in [-0.05, 0) is 34.2 Å². The number of primary sulfonamides is 1. The topological polar surface area (TPSA) is 72.5 Å². The van der Waals surface area contributed by atoms with Crippen LogP contribution in [0.1, 0.15) is 37.5 Å². The highest BCUT2D eigenvalue weighted by atomic mass is 35.5. The van der Waals surface area contributed by atoms with Crippen molar-refractivity contribution in [2.24, 2.45) is 10.1 Å². The summed E-state index contributed by atoms with van der Waals surface area (Å²) in [6.07, 6.45) is 1.82. The Morgan fingerprint density at radius 2 is 1.54 bits per heavy atom. The van der Waals surface area contributed by atoms with Gasteiger partial charge in [0, 0.05) is 6.21 Å². The van der Waals surface area contributed by atoms with E-state index in [1.807, 2.05) is 18.3 Å². The lowest BCUT2D eigenvalue weighted by molar-refractivity contribution is 0.590. The molecular weight excluding hydrogens is 344 g/mol. The molecule has 2 rings (SSSR count). The van der Waals surface area contributed by atoms with Crippen LogP contribution in [0, 0.1) is 0 Å². The van der Waals surface area contributed by atoms with Gasteiger partial charge in [0.25, 0.3) is 0 Å². The number of nitrogens with two attached hydrogens (primary N) is 1. The number of aliphatic imine (C=N–C) groups is 1. The van der Waals surface area contributed by atoms with Crippen molar-refractivity contribution < 1.29 is 8.42 Å². The fraction of sp³-hybridized carbons (Fsp3) is 0.278. The first-order valence-corrected chi connectivity index (χ1v) is 8.93. The Bertz CT molecular complexity index is 790. The first-order valence-electron chi connectivity index (χ1n) is 7.38. The van der Waals surface area contributed by atoms with E-state index in [-0.39, 0.29) is 22.7 Å². The summed E-state index contributed by atoms with van der Waals surface area (Å²) in [6, 6.07) is 14.8. The smallest absolute Gasteiger partial charge is 0.238 e. The number of benzene rings is 2. The number of sulfonamides is 1. The van der Waals surface area contributed by atoms with Gasteiger partial charge in [-0.2, -0.15) is 0 Å². The van der Waals surface area contributed by atoms with Crippen molar-refractivity contribution in [1.29, 1.82) is 0 Å². The Hall–Kier alpha value is -1.69. The zero-order chi connectivity index (χ0) is 17.1. The SMILES string of the molecule is CC(C)(C)c1ccc(C=NCc2ccc(S(N)(=O)=O)cc2)cc1.Cl. The van der Waals surface area contributed by atoms with E-state index in [0.29, 0.717) is 6.54 Å². The summed E-state index contributed by atoms with van der Waals surface area (Å²) in [5.41, 5.74) is 3.40. The summed E-state index contributed by atoms with van der Waals surface area (Å²) >= 11 is 0. The maximum atomic E-state index is 11.2. The molecule has 0 bridgehead atoms. The molecule has 0 amide bonds. The molecule has 0 saturated heterocycles. The van der Waals surface area contributed by atoms with Crippen molar-refractivity contribution in [2.75, 3.05) is 0 Å².